The molecule has 0 aliphatic rings. The Kier molecular flexibility index (Phi) is 3.61. The molecule has 0 atom stereocenters. The first kappa shape index (κ1) is 11.4. The van der Waals surface area contributed by atoms with Gasteiger partial charge in [0.25, 0.3) is 0 Å². The molecule has 0 aliphatic heterocycles. The first-order valence-corrected chi connectivity index (χ1v) is 4.85. The summed E-state index contributed by atoms with van der Waals surface area (Å²) in [6.45, 7) is 7.62. The lowest BCUT2D eigenvalue weighted by Crippen LogP contribution is -2.04. The Morgan fingerprint density at radius 1 is 1.00 bits per heavy atom. The van der Waals surface area contributed by atoms with Crippen molar-refractivity contribution < 1.29 is 5.21 Å². The molecule has 0 saturated carbocycles. The van der Waals surface area contributed by atoms with Crippen LogP contribution < -0.4 is 0 Å². The van der Waals surface area contributed by atoms with E-state index in [4.69, 9.17) is 5.21 Å². The van der Waals surface area contributed by atoms with Gasteiger partial charge < -0.3 is 5.21 Å². The molecule has 3 heteroatoms. The maximum absolute atomic E-state index is 8.60. The van der Waals surface area contributed by atoms with Crippen molar-refractivity contribution in [1.82, 2.24) is 0 Å². The standard InChI is InChI=1S/C12H16N2O/c1-8-5-9(2)7-12(6-8)13-10(3)11(4)14-15/h5-7,15H,1-4H3/b13-10?,14-11+. The second-order valence-electron chi connectivity index (χ2n) is 3.73. The van der Waals surface area contributed by atoms with E-state index in [0.717, 1.165) is 11.4 Å². The van der Waals surface area contributed by atoms with E-state index >= 15 is 0 Å². The van der Waals surface area contributed by atoms with Gasteiger partial charge in [0.15, 0.2) is 0 Å². The van der Waals surface area contributed by atoms with Crippen molar-refractivity contribution in [3.8, 4) is 0 Å². The molecule has 80 valence electrons. The van der Waals surface area contributed by atoms with Crippen LogP contribution in [0.15, 0.2) is 28.3 Å². The smallest absolute Gasteiger partial charge is 0.0976 e. The predicted molar refractivity (Wildman–Crippen MR) is 63.6 cm³/mol. The van der Waals surface area contributed by atoms with Crippen molar-refractivity contribution in [1.29, 1.82) is 0 Å². The molecule has 0 amide bonds. The van der Waals surface area contributed by atoms with E-state index in [1.54, 1.807) is 6.92 Å². The summed E-state index contributed by atoms with van der Waals surface area (Å²) in [4.78, 5) is 4.38. The van der Waals surface area contributed by atoms with E-state index < -0.39 is 0 Å². The predicted octanol–water partition coefficient (Wildman–Crippen LogP) is 3.25. The zero-order chi connectivity index (χ0) is 11.4. The van der Waals surface area contributed by atoms with Crippen LogP contribution in [-0.4, -0.2) is 16.6 Å². The number of aliphatic imine (C=N–C) groups is 1. The Balaban J connectivity index is 3.08. The quantitative estimate of drug-likeness (QED) is 0.448. The molecule has 0 heterocycles. The molecule has 1 aromatic rings. The Hall–Kier alpha value is -1.64. The molecule has 0 saturated heterocycles. The minimum absolute atomic E-state index is 0.536. The van der Waals surface area contributed by atoms with Crippen LogP contribution in [-0.2, 0) is 0 Å². The SMILES string of the molecule is CC(=Nc1cc(C)cc(C)c1)/C(C)=N/O. The molecule has 0 aromatic heterocycles. The van der Waals surface area contributed by atoms with Gasteiger partial charge in [-0.15, -0.1) is 0 Å². The molecule has 3 nitrogen and oxygen atoms in total. The highest BCUT2D eigenvalue weighted by Crippen LogP contribution is 2.17. The number of benzene rings is 1. The molecule has 1 aromatic carbocycles. The molecule has 0 spiro atoms. The van der Waals surface area contributed by atoms with E-state index in [9.17, 15) is 0 Å². The summed E-state index contributed by atoms with van der Waals surface area (Å²) in [6, 6.07) is 6.10. The summed E-state index contributed by atoms with van der Waals surface area (Å²) >= 11 is 0. The molecule has 0 radical (unpaired) electrons. The van der Waals surface area contributed by atoms with Crippen LogP contribution in [0.1, 0.15) is 25.0 Å². The summed E-state index contributed by atoms with van der Waals surface area (Å²) in [5, 5.41) is 11.7. The average molecular weight is 204 g/mol. The van der Waals surface area contributed by atoms with Gasteiger partial charge in [-0.3, -0.25) is 4.99 Å². The van der Waals surface area contributed by atoms with Gasteiger partial charge in [-0.25, -0.2) is 0 Å². The fourth-order valence-electron chi connectivity index (χ4n) is 1.36. The molecule has 1 rings (SSSR count). The third kappa shape index (κ3) is 3.20. The fourth-order valence-corrected chi connectivity index (χ4v) is 1.36. The Labute approximate surface area is 90.2 Å². The van der Waals surface area contributed by atoms with Crippen LogP contribution in [0.4, 0.5) is 5.69 Å². The number of oxime groups is 1. The molecule has 1 N–H and O–H groups in total. The van der Waals surface area contributed by atoms with Crippen LogP contribution in [0.25, 0.3) is 0 Å². The van der Waals surface area contributed by atoms with E-state index in [1.165, 1.54) is 11.1 Å². The maximum Gasteiger partial charge on any atom is 0.0976 e. The van der Waals surface area contributed by atoms with E-state index in [2.05, 4.69) is 16.2 Å². The molecular weight excluding hydrogens is 188 g/mol. The normalized spacial score (nSPS) is 13.1. The highest BCUT2D eigenvalue weighted by molar-refractivity contribution is 6.40. The van der Waals surface area contributed by atoms with Crippen LogP contribution >= 0.6 is 0 Å². The minimum Gasteiger partial charge on any atom is -0.411 e. The lowest BCUT2D eigenvalue weighted by atomic mass is 10.1. The Morgan fingerprint density at radius 3 is 2.00 bits per heavy atom. The van der Waals surface area contributed by atoms with Crippen molar-refractivity contribution in [2.24, 2.45) is 10.1 Å². The Bertz CT molecular complexity index is 399. The van der Waals surface area contributed by atoms with Gasteiger partial charge in [0.05, 0.1) is 17.1 Å². The molecular formula is C12H16N2O. The van der Waals surface area contributed by atoms with Gasteiger partial charge in [-0.05, 0) is 51.0 Å². The van der Waals surface area contributed by atoms with Crippen LogP contribution in [0.5, 0.6) is 0 Å². The fraction of sp³-hybridized carbons (Fsp3) is 0.333. The number of nitrogens with zero attached hydrogens (tertiary/aromatic N) is 2. The minimum atomic E-state index is 0.536. The second kappa shape index (κ2) is 4.73. The molecule has 15 heavy (non-hydrogen) atoms. The zero-order valence-corrected chi connectivity index (χ0v) is 9.57. The molecule has 0 bridgehead atoms. The third-order valence-corrected chi connectivity index (χ3v) is 2.18. The van der Waals surface area contributed by atoms with Crippen molar-refractivity contribution in [2.45, 2.75) is 27.7 Å². The Morgan fingerprint density at radius 2 is 1.53 bits per heavy atom. The number of hydrogen-bond acceptors (Lipinski definition) is 3. The maximum atomic E-state index is 8.60. The summed E-state index contributed by atoms with van der Waals surface area (Å²) in [6.07, 6.45) is 0. The van der Waals surface area contributed by atoms with E-state index in [-0.39, 0.29) is 0 Å². The number of aryl methyl sites for hydroxylation is 2. The summed E-state index contributed by atoms with van der Waals surface area (Å²) in [5.41, 5.74) is 4.52. The highest BCUT2D eigenvalue weighted by Gasteiger charge is 1.99. The van der Waals surface area contributed by atoms with Gasteiger partial charge >= 0.3 is 0 Å². The first-order chi connectivity index (χ1) is 7.02. The highest BCUT2D eigenvalue weighted by atomic mass is 16.4. The van der Waals surface area contributed by atoms with Crippen LogP contribution in [0.3, 0.4) is 0 Å². The number of hydrogen-bond donors (Lipinski definition) is 1. The van der Waals surface area contributed by atoms with Crippen LogP contribution in [0.2, 0.25) is 0 Å². The molecule has 0 unspecified atom stereocenters. The van der Waals surface area contributed by atoms with Gasteiger partial charge in [0.1, 0.15) is 0 Å². The first-order valence-electron chi connectivity index (χ1n) is 4.85. The van der Waals surface area contributed by atoms with E-state index in [0.29, 0.717) is 5.71 Å². The lowest BCUT2D eigenvalue weighted by Gasteiger charge is -2.01. The van der Waals surface area contributed by atoms with Gasteiger partial charge in [-0.2, -0.15) is 0 Å². The average Bonchev–Trinajstić information content (AvgIpc) is 2.14. The number of rotatable bonds is 2. The van der Waals surface area contributed by atoms with Crippen molar-refractivity contribution in [3.63, 3.8) is 0 Å². The third-order valence-electron chi connectivity index (χ3n) is 2.18. The van der Waals surface area contributed by atoms with E-state index in [1.807, 2.05) is 32.9 Å². The van der Waals surface area contributed by atoms with Gasteiger partial charge in [0, 0.05) is 0 Å². The summed E-state index contributed by atoms with van der Waals surface area (Å²) in [5.74, 6) is 0. The largest absolute Gasteiger partial charge is 0.411 e. The van der Waals surface area contributed by atoms with Crippen LogP contribution in [0, 0.1) is 13.8 Å². The summed E-state index contributed by atoms with van der Waals surface area (Å²) < 4.78 is 0. The van der Waals surface area contributed by atoms with Gasteiger partial charge in [-0.1, -0.05) is 11.2 Å². The lowest BCUT2D eigenvalue weighted by molar-refractivity contribution is 0.320. The molecule has 0 aliphatic carbocycles. The van der Waals surface area contributed by atoms with Crippen molar-refractivity contribution in [2.75, 3.05) is 0 Å². The topological polar surface area (TPSA) is 45.0 Å². The van der Waals surface area contributed by atoms with Crippen molar-refractivity contribution in [3.05, 3.63) is 29.3 Å². The molecule has 0 fully saturated rings. The zero-order valence-electron chi connectivity index (χ0n) is 9.57. The second-order valence-corrected chi connectivity index (χ2v) is 3.73. The van der Waals surface area contributed by atoms with Crippen molar-refractivity contribution >= 4 is 17.1 Å². The summed E-state index contributed by atoms with van der Waals surface area (Å²) in [7, 11) is 0. The monoisotopic (exact) mass is 204 g/mol. The van der Waals surface area contributed by atoms with Gasteiger partial charge in [0.2, 0.25) is 0 Å².